The number of hydrogen-bond acceptors (Lipinski definition) is 6. The molecule has 0 N–H and O–H groups in total. The number of nitrogens with zero attached hydrogens (tertiary/aromatic N) is 1. The van der Waals surface area contributed by atoms with Crippen molar-refractivity contribution in [1.29, 1.82) is 0 Å². The molecule has 0 aromatic heterocycles. The first-order valence-electron chi connectivity index (χ1n) is 7.98. The Morgan fingerprint density at radius 3 is 2.12 bits per heavy atom. The Kier molecular flexibility index (Phi) is 3.68. The second-order valence-corrected chi connectivity index (χ2v) is 5.86. The minimum Gasteiger partial charge on any atom is -0.493 e. The van der Waals surface area contributed by atoms with Crippen LogP contribution in [0.25, 0.3) is 21.5 Å². The zero-order valence-corrected chi connectivity index (χ0v) is 14.9. The summed E-state index contributed by atoms with van der Waals surface area (Å²) in [5.74, 6) is 2.09. The number of carbonyl (C=O) groups excluding carboxylic acids is 1. The summed E-state index contributed by atoms with van der Waals surface area (Å²) in [6.45, 7) is 0. The van der Waals surface area contributed by atoms with Gasteiger partial charge in [0.15, 0.2) is 23.0 Å². The van der Waals surface area contributed by atoms with E-state index < -0.39 is 0 Å². The van der Waals surface area contributed by atoms with Crippen molar-refractivity contribution in [1.82, 2.24) is 0 Å². The van der Waals surface area contributed by atoms with Crippen molar-refractivity contribution in [2.45, 2.75) is 0 Å². The van der Waals surface area contributed by atoms with Crippen LogP contribution >= 0.6 is 0 Å². The van der Waals surface area contributed by atoms with Crippen LogP contribution in [0.3, 0.4) is 0 Å². The second-order valence-electron chi connectivity index (χ2n) is 5.86. The molecule has 132 valence electrons. The van der Waals surface area contributed by atoms with Gasteiger partial charge in [0.2, 0.25) is 5.78 Å². The molecule has 1 aliphatic heterocycles. The first-order chi connectivity index (χ1) is 12.6. The van der Waals surface area contributed by atoms with Gasteiger partial charge < -0.3 is 18.9 Å². The first-order valence-corrected chi connectivity index (χ1v) is 7.98. The lowest BCUT2D eigenvalue weighted by atomic mass is 9.92. The van der Waals surface area contributed by atoms with Gasteiger partial charge in [-0.25, -0.2) is 0 Å². The highest BCUT2D eigenvalue weighted by Crippen LogP contribution is 2.48. The standard InChI is InChI=1S/C20H17NO5/c1-23-15-6-10-5-13-18-12(14(22)9-21-13)8-17(25-3)20(26-4)19(18)11(10)7-16(15)24-2/h5-9H,1-4H3. The molecule has 1 heterocycles. The fourth-order valence-electron chi connectivity index (χ4n) is 3.46. The Bertz CT molecular complexity index is 1100. The predicted octanol–water partition coefficient (Wildman–Crippen LogP) is 3.93. The monoisotopic (exact) mass is 351 g/mol. The number of ether oxygens (including phenoxy) is 4. The molecule has 4 rings (SSSR count). The number of methoxy groups -OCH3 is 4. The summed E-state index contributed by atoms with van der Waals surface area (Å²) in [5, 5.41) is 3.27. The van der Waals surface area contributed by atoms with Crippen LogP contribution in [-0.4, -0.2) is 40.4 Å². The van der Waals surface area contributed by atoms with Crippen molar-refractivity contribution >= 4 is 39.2 Å². The van der Waals surface area contributed by atoms with Crippen molar-refractivity contribution in [3.05, 3.63) is 29.8 Å². The maximum Gasteiger partial charge on any atom is 0.204 e. The van der Waals surface area contributed by atoms with E-state index in [1.807, 2.05) is 18.2 Å². The van der Waals surface area contributed by atoms with Crippen LogP contribution < -0.4 is 18.9 Å². The summed E-state index contributed by atoms with van der Waals surface area (Å²) in [4.78, 5) is 16.7. The Morgan fingerprint density at radius 1 is 0.769 bits per heavy atom. The van der Waals surface area contributed by atoms with E-state index in [0.717, 1.165) is 21.5 Å². The van der Waals surface area contributed by atoms with E-state index in [1.54, 1.807) is 34.5 Å². The third-order valence-electron chi connectivity index (χ3n) is 4.63. The number of benzene rings is 3. The lowest BCUT2D eigenvalue weighted by molar-refractivity contribution is 0.107. The number of fused-ring (bicyclic) bond motifs is 2. The molecule has 3 aromatic carbocycles. The summed E-state index contributed by atoms with van der Waals surface area (Å²) in [5.41, 5.74) is 1.25. The fraction of sp³-hybridized carbons (Fsp3) is 0.200. The van der Waals surface area contributed by atoms with Crippen LogP contribution in [0.15, 0.2) is 29.3 Å². The van der Waals surface area contributed by atoms with E-state index in [-0.39, 0.29) is 5.78 Å². The highest BCUT2D eigenvalue weighted by molar-refractivity contribution is 6.42. The van der Waals surface area contributed by atoms with Gasteiger partial charge >= 0.3 is 0 Å². The SMILES string of the molecule is COc1cc2cc3c4c(cc(OC)c(OC)c4c2cc1OC)C(=O)C=N3. The van der Waals surface area contributed by atoms with Crippen molar-refractivity contribution in [2.24, 2.45) is 4.99 Å². The molecule has 0 saturated heterocycles. The van der Waals surface area contributed by atoms with Crippen molar-refractivity contribution in [3.8, 4) is 23.0 Å². The molecule has 0 radical (unpaired) electrons. The Labute approximate surface area is 149 Å². The zero-order chi connectivity index (χ0) is 18.4. The van der Waals surface area contributed by atoms with E-state index in [0.29, 0.717) is 34.2 Å². The molecule has 0 fully saturated rings. The maximum atomic E-state index is 12.4. The van der Waals surface area contributed by atoms with Crippen LogP contribution in [0.1, 0.15) is 10.4 Å². The van der Waals surface area contributed by atoms with Gasteiger partial charge in [-0.3, -0.25) is 9.79 Å². The smallest absolute Gasteiger partial charge is 0.204 e. The Hall–Kier alpha value is -3.28. The minimum absolute atomic E-state index is 0.164. The van der Waals surface area contributed by atoms with Gasteiger partial charge in [0.1, 0.15) is 0 Å². The molecule has 1 aliphatic rings. The number of rotatable bonds is 4. The molecular weight excluding hydrogens is 334 g/mol. The van der Waals surface area contributed by atoms with Crippen molar-refractivity contribution in [3.63, 3.8) is 0 Å². The van der Waals surface area contributed by atoms with Gasteiger partial charge in [-0.05, 0) is 35.0 Å². The molecular formula is C20H17NO5. The van der Waals surface area contributed by atoms with Crippen LogP contribution in [-0.2, 0) is 0 Å². The predicted molar refractivity (Wildman–Crippen MR) is 100 cm³/mol. The largest absolute Gasteiger partial charge is 0.493 e. The molecule has 0 atom stereocenters. The number of hydrogen-bond donors (Lipinski definition) is 0. The topological polar surface area (TPSA) is 66.3 Å². The molecule has 26 heavy (non-hydrogen) atoms. The molecule has 0 aliphatic carbocycles. The molecule has 6 heteroatoms. The van der Waals surface area contributed by atoms with Crippen LogP contribution in [0.2, 0.25) is 0 Å². The third-order valence-corrected chi connectivity index (χ3v) is 4.63. The van der Waals surface area contributed by atoms with E-state index in [1.165, 1.54) is 6.21 Å². The maximum absolute atomic E-state index is 12.4. The summed E-state index contributed by atoms with van der Waals surface area (Å²) in [7, 11) is 6.30. The molecule has 3 aromatic rings. The normalized spacial score (nSPS) is 12.5. The summed E-state index contributed by atoms with van der Waals surface area (Å²) in [6.07, 6.45) is 1.33. The third kappa shape index (κ3) is 2.12. The van der Waals surface area contributed by atoms with Gasteiger partial charge in [-0.2, -0.15) is 0 Å². The number of carbonyl (C=O) groups is 1. The summed E-state index contributed by atoms with van der Waals surface area (Å²) >= 11 is 0. The minimum atomic E-state index is -0.164. The number of aliphatic imine (C=N–C) groups is 1. The van der Waals surface area contributed by atoms with Gasteiger partial charge in [0.25, 0.3) is 0 Å². The number of Topliss-reactive ketones (excluding diaryl/α,β-unsaturated/α-hetero) is 1. The van der Waals surface area contributed by atoms with Gasteiger partial charge in [-0.15, -0.1) is 0 Å². The van der Waals surface area contributed by atoms with Crippen LogP contribution in [0, 0.1) is 0 Å². The molecule has 0 unspecified atom stereocenters. The average Bonchev–Trinajstić information content (AvgIpc) is 2.68. The molecule has 6 nitrogen and oxygen atoms in total. The number of ketones is 1. The van der Waals surface area contributed by atoms with Crippen molar-refractivity contribution in [2.75, 3.05) is 28.4 Å². The summed E-state index contributed by atoms with van der Waals surface area (Å²) < 4.78 is 22.0. The quantitative estimate of drug-likeness (QED) is 0.667. The lowest BCUT2D eigenvalue weighted by Crippen LogP contribution is -2.07. The van der Waals surface area contributed by atoms with Crippen LogP contribution in [0.4, 0.5) is 5.69 Å². The van der Waals surface area contributed by atoms with Gasteiger partial charge in [-0.1, -0.05) is 0 Å². The van der Waals surface area contributed by atoms with Crippen molar-refractivity contribution < 1.29 is 23.7 Å². The first kappa shape index (κ1) is 16.2. The average molecular weight is 351 g/mol. The van der Waals surface area contributed by atoms with E-state index in [9.17, 15) is 4.79 Å². The Morgan fingerprint density at radius 2 is 1.46 bits per heavy atom. The molecule has 0 spiro atoms. The highest BCUT2D eigenvalue weighted by Gasteiger charge is 2.25. The molecule has 0 amide bonds. The molecule has 0 saturated carbocycles. The van der Waals surface area contributed by atoms with E-state index >= 15 is 0 Å². The van der Waals surface area contributed by atoms with Gasteiger partial charge in [0.05, 0.1) is 40.3 Å². The van der Waals surface area contributed by atoms with E-state index in [4.69, 9.17) is 18.9 Å². The van der Waals surface area contributed by atoms with E-state index in [2.05, 4.69) is 4.99 Å². The van der Waals surface area contributed by atoms with Crippen LogP contribution in [0.5, 0.6) is 23.0 Å². The molecule has 0 bridgehead atoms. The zero-order valence-electron chi connectivity index (χ0n) is 14.9. The van der Waals surface area contributed by atoms with Gasteiger partial charge in [0, 0.05) is 16.3 Å². The summed E-state index contributed by atoms with van der Waals surface area (Å²) in [6, 6.07) is 7.39. The second kappa shape index (κ2) is 5.91. The lowest BCUT2D eigenvalue weighted by Gasteiger charge is -2.19. The highest BCUT2D eigenvalue weighted by atomic mass is 16.5. The fourth-order valence-corrected chi connectivity index (χ4v) is 3.46. The Balaban J connectivity index is 2.28.